The molecule has 0 aliphatic heterocycles. The fourth-order valence-electron chi connectivity index (χ4n) is 3.12. The molecule has 0 aliphatic carbocycles. The van der Waals surface area contributed by atoms with Crippen molar-refractivity contribution in [1.29, 1.82) is 0 Å². The maximum absolute atomic E-state index is 12.7. The summed E-state index contributed by atoms with van der Waals surface area (Å²) < 4.78 is 1.70. The molecule has 0 unspecified atom stereocenters. The molecule has 2 N–H and O–H groups in total. The Hall–Kier alpha value is -3.79. The first kappa shape index (κ1) is 21.4. The van der Waals surface area contributed by atoms with Crippen LogP contribution < -0.4 is 10.6 Å². The summed E-state index contributed by atoms with van der Waals surface area (Å²) in [6.07, 6.45) is 3.16. The van der Waals surface area contributed by atoms with Crippen LogP contribution in [0.1, 0.15) is 27.3 Å². The van der Waals surface area contributed by atoms with Crippen LogP contribution in [0.3, 0.4) is 0 Å². The normalized spacial score (nSPS) is 10.8. The van der Waals surface area contributed by atoms with Crippen molar-refractivity contribution >= 4 is 35.0 Å². The maximum atomic E-state index is 12.7. The molecule has 3 heterocycles. The minimum atomic E-state index is -0.328. The molecule has 0 atom stereocenters. The van der Waals surface area contributed by atoms with E-state index in [1.54, 1.807) is 35.0 Å². The van der Waals surface area contributed by atoms with Gasteiger partial charge in [-0.2, -0.15) is 4.98 Å². The summed E-state index contributed by atoms with van der Waals surface area (Å²) in [4.78, 5) is 37.6. The summed E-state index contributed by atoms with van der Waals surface area (Å²) in [5, 5.41) is 10.4. The van der Waals surface area contributed by atoms with E-state index in [4.69, 9.17) is 0 Å². The second kappa shape index (κ2) is 9.56. The lowest BCUT2D eigenvalue weighted by Crippen LogP contribution is -2.33. The molecule has 0 saturated carbocycles. The van der Waals surface area contributed by atoms with E-state index in [1.807, 2.05) is 32.0 Å². The van der Waals surface area contributed by atoms with E-state index in [9.17, 15) is 9.59 Å². The molecule has 162 valence electrons. The molecule has 9 nitrogen and oxygen atoms in total. The fourth-order valence-corrected chi connectivity index (χ4v) is 3.94. The zero-order valence-electron chi connectivity index (χ0n) is 17.6. The number of fused-ring (bicyclic) bond motifs is 1. The maximum Gasteiger partial charge on any atom is 0.253 e. The highest BCUT2D eigenvalue weighted by atomic mass is 32.2. The first-order chi connectivity index (χ1) is 15.5. The van der Waals surface area contributed by atoms with Crippen LogP contribution in [0, 0.1) is 13.8 Å². The number of rotatable bonds is 7. The summed E-state index contributed by atoms with van der Waals surface area (Å²) in [6, 6.07) is 12.7. The number of thioether (sulfide) groups is 1. The molecule has 32 heavy (non-hydrogen) atoms. The molecule has 3 aromatic heterocycles. The molecule has 4 rings (SSSR count). The van der Waals surface area contributed by atoms with E-state index in [2.05, 4.69) is 30.7 Å². The Balaban J connectivity index is 1.39. The number of aryl methyl sites for hydroxylation is 2. The Morgan fingerprint density at radius 1 is 1.09 bits per heavy atom. The average Bonchev–Trinajstić information content (AvgIpc) is 3.20. The van der Waals surface area contributed by atoms with Gasteiger partial charge < -0.3 is 10.6 Å². The lowest BCUT2D eigenvalue weighted by atomic mass is 10.1. The molecular formula is C22H21N7O2S. The molecule has 1 aromatic carbocycles. The van der Waals surface area contributed by atoms with Crippen LogP contribution in [-0.2, 0) is 10.5 Å². The van der Waals surface area contributed by atoms with E-state index in [0.29, 0.717) is 27.9 Å². The van der Waals surface area contributed by atoms with Crippen molar-refractivity contribution in [3.63, 3.8) is 0 Å². The van der Waals surface area contributed by atoms with Gasteiger partial charge >= 0.3 is 0 Å². The summed E-state index contributed by atoms with van der Waals surface area (Å²) >= 11 is 1.42. The third kappa shape index (κ3) is 5.09. The monoisotopic (exact) mass is 447 g/mol. The van der Waals surface area contributed by atoms with E-state index in [-0.39, 0.29) is 18.4 Å². The lowest BCUT2D eigenvalue weighted by molar-refractivity contribution is -0.115. The summed E-state index contributed by atoms with van der Waals surface area (Å²) in [5.41, 5.74) is 3.73. The standard InChI is InChI=1S/C22H21N7O2S/c1-14-10-15(2)29-21(25-14)27-22(28-29)32-13-16-6-3-4-8-18(16)20(31)24-12-19(30)26-17-7-5-9-23-11-17/h3-11H,12-13H2,1-2H3,(H,24,31)(H,26,30). The van der Waals surface area contributed by atoms with Gasteiger partial charge in [0.25, 0.3) is 11.7 Å². The predicted octanol–water partition coefficient (Wildman–Crippen LogP) is 2.80. The van der Waals surface area contributed by atoms with Crippen molar-refractivity contribution in [2.45, 2.75) is 24.8 Å². The first-order valence-electron chi connectivity index (χ1n) is 9.89. The van der Waals surface area contributed by atoms with Crippen LogP contribution >= 0.6 is 11.8 Å². The van der Waals surface area contributed by atoms with Crippen molar-refractivity contribution in [3.05, 3.63) is 77.4 Å². The van der Waals surface area contributed by atoms with E-state index < -0.39 is 0 Å². The van der Waals surface area contributed by atoms with Crippen LogP contribution in [0.25, 0.3) is 5.78 Å². The molecule has 0 bridgehead atoms. The number of aromatic nitrogens is 5. The number of hydrogen-bond acceptors (Lipinski definition) is 7. The lowest BCUT2D eigenvalue weighted by Gasteiger charge is -2.10. The van der Waals surface area contributed by atoms with Gasteiger partial charge in [-0.1, -0.05) is 30.0 Å². The van der Waals surface area contributed by atoms with Gasteiger partial charge in [0.2, 0.25) is 11.1 Å². The number of carbonyl (C=O) groups is 2. The number of nitrogens with zero attached hydrogens (tertiary/aromatic N) is 5. The Labute approximate surface area is 188 Å². The number of benzene rings is 1. The quantitative estimate of drug-likeness (QED) is 0.419. The van der Waals surface area contributed by atoms with Crippen LogP contribution in [0.5, 0.6) is 0 Å². The summed E-state index contributed by atoms with van der Waals surface area (Å²) in [7, 11) is 0. The Kier molecular flexibility index (Phi) is 6.41. The molecule has 0 saturated heterocycles. The third-order valence-electron chi connectivity index (χ3n) is 4.57. The zero-order valence-corrected chi connectivity index (χ0v) is 18.4. The second-order valence-electron chi connectivity index (χ2n) is 7.06. The van der Waals surface area contributed by atoms with Crippen molar-refractivity contribution < 1.29 is 9.59 Å². The molecule has 0 radical (unpaired) electrons. The number of pyridine rings is 1. The van der Waals surface area contributed by atoms with Crippen molar-refractivity contribution in [3.8, 4) is 0 Å². The number of nitrogens with one attached hydrogen (secondary N) is 2. The fraction of sp³-hybridized carbons (Fsp3) is 0.182. The summed E-state index contributed by atoms with van der Waals surface area (Å²) in [6.45, 7) is 3.72. The molecule has 0 aliphatic rings. The van der Waals surface area contributed by atoms with Crippen molar-refractivity contribution in [1.82, 2.24) is 29.9 Å². The van der Waals surface area contributed by atoms with Gasteiger partial charge in [-0.15, -0.1) is 5.10 Å². The number of anilines is 1. The Morgan fingerprint density at radius 3 is 2.75 bits per heavy atom. The van der Waals surface area contributed by atoms with E-state index in [1.165, 1.54) is 18.0 Å². The van der Waals surface area contributed by atoms with Gasteiger partial charge in [-0.25, -0.2) is 9.50 Å². The van der Waals surface area contributed by atoms with Crippen LogP contribution in [0.4, 0.5) is 5.69 Å². The minimum Gasteiger partial charge on any atom is -0.343 e. The predicted molar refractivity (Wildman–Crippen MR) is 121 cm³/mol. The van der Waals surface area contributed by atoms with Gasteiger partial charge in [0.1, 0.15) is 0 Å². The van der Waals surface area contributed by atoms with Crippen molar-refractivity contribution in [2.75, 3.05) is 11.9 Å². The van der Waals surface area contributed by atoms with Gasteiger partial charge in [0.15, 0.2) is 0 Å². The molecule has 0 spiro atoms. The highest BCUT2D eigenvalue weighted by Crippen LogP contribution is 2.22. The van der Waals surface area contributed by atoms with E-state index in [0.717, 1.165) is 17.0 Å². The average molecular weight is 448 g/mol. The second-order valence-corrected chi connectivity index (χ2v) is 8.01. The largest absolute Gasteiger partial charge is 0.343 e. The molecule has 0 fully saturated rings. The van der Waals surface area contributed by atoms with Gasteiger partial charge in [0, 0.05) is 28.9 Å². The third-order valence-corrected chi connectivity index (χ3v) is 5.46. The highest BCUT2D eigenvalue weighted by molar-refractivity contribution is 7.98. The SMILES string of the molecule is Cc1cc(C)n2nc(SCc3ccccc3C(=O)NCC(=O)Nc3cccnc3)nc2n1. The number of hydrogen-bond donors (Lipinski definition) is 2. The van der Waals surface area contributed by atoms with Crippen LogP contribution in [-0.4, -0.2) is 42.9 Å². The van der Waals surface area contributed by atoms with Crippen LogP contribution in [0.15, 0.2) is 60.0 Å². The molecule has 4 aromatic rings. The smallest absolute Gasteiger partial charge is 0.253 e. The van der Waals surface area contributed by atoms with Crippen LogP contribution in [0.2, 0.25) is 0 Å². The Bertz CT molecular complexity index is 1270. The van der Waals surface area contributed by atoms with Crippen molar-refractivity contribution in [2.24, 2.45) is 0 Å². The molecule has 2 amide bonds. The number of carbonyl (C=O) groups excluding carboxylic acids is 2. The highest BCUT2D eigenvalue weighted by Gasteiger charge is 2.14. The molecular weight excluding hydrogens is 426 g/mol. The summed E-state index contributed by atoms with van der Waals surface area (Å²) in [5.74, 6) is 0.403. The van der Waals surface area contributed by atoms with E-state index >= 15 is 0 Å². The Morgan fingerprint density at radius 2 is 1.94 bits per heavy atom. The number of amides is 2. The van der Waals surface area contributed by atoms with Gasteiger partial charge in [-0.05, 0) is 43.7 Å². The minimum absolute atomic E-state index is 0.145. The molecule has 10 heteroatoms. The van der Waals surface area contributed by atoms with Gasteiger partial charge in [0.05, 0.1) is 18.4 Å². The first-order valence-corrected chi connectivity index (χ1v) is 10.9. The topological polar surface area (TPSA) is 114 Å². The zero-order chi connectivity index (χ0) is 22.5. The van der Waals surface area contributed by atoms with Gasteiger partial charge in [-0.3, -0.25) is 14.6 Å².